The van der Waals surface area contributed by atoms with Gasteiger partial charge in [-0.3, -0.25) is 0 Å². The number of anilines is 2. The van der Waals surface area contributed by atoms with Crippen LogP contribution in [0.4, 0.5) is 11.4 Å². The molecule has 3 heteroatoms. The average molecular weight is 482 g/mol. The van der Waals surface area contributed by atoms with Crippen molar-refractivity contribution < 1.29 is 0 Å². The van der Waals surface area contributed by atoms with Gasteiger partial charge in [0.2, 0.25) is 0 Å². The van der Waals surface area contributed by atoms with E-state index in [0.717, 1.165) is 6.42 Å². The number of nitrogens with zero attached hydrogens (tertiary/aromatic N) is 1. The predicted molar refractivity (Wildman–Crippen MR) is 157 cm³/mol. The van der Waals surface area contributed by atoms with Crippen molar-refractivity contribution >= 4 is 11.4 Å². The van der Waals surface area contributed by atoms with Crippen LogP contribution in [0.15, 0.2) is 48.7 Å². The molecule has 2 N–H and O–H groups in total. The zero-order valence-electron chi connectivity index (χ0n) is 23.7. The van der Waals surface area contributed by atoms with Crippen molar-refractivity contribution in [2.45, 2.75) is 135 Å². The van der Waals surface area contributed by atoms with Gasteiger partial charge in [0, 0.05) is 41.7 Å². The Balaban J connectivity index is 1.44. The third-order valence-corrected chi connectivity index (χ3v) is 7.67. The highest BCUT2D eigenvalue weighted by Gasteiger charge is 2.36. The predicted octanol–water partition coefficient (Wildman–Crippen LogP) is 9.54. The zero-order chi connectivity index (χ0) is 25.5. The number of likely N-dealkylation sites (N-methyl/N-ethyl adjacent to an activating group) is 1. The van der Waals surface area contributed by atoms with E-state index >= 15 is 0 Å². The van der Waals surface area contributed by atoms with E-state index in [1.807, 2.05) is 6.08 Å². The Morgan fingerprint density at radius 3 is 2.03 bits per heavy atom. The molecule has 35 heavy (non-hydrogen) atoms. The highest BCUT2D eigenvalue weighted by Crippen LogP contribution is 2.38. The summed E-state index contributed by atoms with van der Waals surface area (Å²) in [6.45, 7) is 13.2. The molecule has 0 radical (unpaired) electrons. The number of benzene rings is 1. The summed E-state index contributed by atoms with van der Waals surface area (Å²) in [7, 11) is 2.22. The van der Waals surface area contributed by atoms with Crippen LogP contribution in [0, 0.1) is 0 Å². The van der Waals surface area contributed by atoms with E-state index in [4.69, 9.17) is 0 Å². The number of hydrogen-bond donors (Lipinski definition) is 2. The lowest BCUT2D eigenvalue weighted by Crippen LogP contribution is -2.27. The summed E-state index contributed by atoms with van der Waals surface area (Å²) in [5, 5.41) is 7.30. The monoisotopic (exact) mass is 481 g/mol. The van der Waals surface area contributed by atoms with Gasteiger partial charge < -0.3 is 15.5 Å². The number of allylic oxidation sites excluding steroid dienone is 2. The van der Waals surface area contributed by atoms with Crippen molar-refractivity contribution in [3.63, 3.8) is 0 Å². The second kappa shape index (κ2) is 16.0. The molecule has 0 heterocycles. The Morgan fingerprint density at radius 2 is 1.49 bits per heavy atom. The molecule has 1 aliphatic rings. The Hall–Kier alpha value is -1.90. The van der Waals surface area contributed by atoms with Crippen LogP contribution >= 0.6 is 0 Å². The average Bonchev–Trinajstić information content (AvgIpc) is 3.58. The lowest BCUT2D eigenvalue weighted by Gasteiger charge is -2.28. The highest BCUT2D eigenvalue weighted by molar-refractivity contribution is 5.55. The molecule has 3 nitrogen and oxygen atoms in total. The fraction of sp³-hybridized carbons (Fsp3) is 0.688. The summed E-state index contributed by atoms with van der Waals surface area (Å²) in [5.41, 5.74) is 4.12. The smallest absolute Gasteiger partial charge is 0.0347 e. The van der Waals surface area contributed by atoms with E-state index in [-0.39, 0.29) is 0 Å². The van der Waals surface area contributed by atoms with Crippen LogP contribution in [0.5, 0.6) is 0 Å². The zero-order valence-corrected chi connectivity index (χ0v) is 23.7. The number of hydrogen-bond acceptors (Lipinski definition) is 3. The maximum absolute atomic E-state index is 4.00. The largest absolute Gasteiger partial charge is 0.383 e. The lowest BCUT2D eigenvalue weighted by molar-refractivity contribution is 0.306. The minimum Gasteiger partial charge on any atom is -0.383 e. The van der Waals surface area contributed by atoms with Crippen LogP contribution in [-0.4, -0.2) is 29.6 Å². The first kappa shape index (κ1) is 29.3. The summed E-state index contributed by atoms with van der Waals surface area (Å²) in [6, 6.07) is 9.97. The second-order valence-corrected chi connectivity index (χ2v) is 11.3. The molecule has 1 unspecified atom stereocenters. The van der Waals surface area contributed by atoms with Crippen molar-refractivity contribution in [1.82, 2.24) is 4.90 Å². The first-order chi connectivity index (χ1) is 16.9. The summed E-state index contributed by atoms with van der Waals surface area (Å²) in [5.74, 6) is 0. The standard InChI is InChI=1S/C32H55N3/c1-7-9-20-31(8-2)35(6)28(4)19-17-15-13-11-10-12-14-16-18-27(3)33-29-21-23-30(24-22-29)34-32(5)25-26-32/h8,20-24,27-28,33-34H,2,7,9-19,25-26H2,1,3-6H3/b31-20+/t27-,28?/m1/s1. The molecule has 0 amide bonds. The Kier molecular flexibility index (Phi) is 13.4. The molecule has 2 atom stereocenters. The van der Waals surface area contributed by atoms with Gasteiger partial charge in [0.1, 0.15) is 0 Å². The molecule has 1 saturated carbocycles. The maximum Gasteiger partial charge on any atom is 0.0347 e. The minimum atomic E-state index is 0.346. The SMILES string of the molecule is C=C/C(=C\CCC)N(C)C(C)CCCCCCCCCC[C@@H](C)Nc1ccc(NC2(C)CC2)cc1. The number of nitrogens with one attached hydrogen (secondary N) is 2. The van der Waals surface area contributed by atoms with E-state index in [1.165, 1.54) is 101 Å². The normalized spacial score (nSPS) is 16.4. The molecular formula is C32H55N3. The Labute approximate surface area is 217 Å². The van der Waals surface area contributed by atoms with Gasteiger partial charge in [-0.15, -0.1) is 0 Å². The molecule has 0 saturated heterocycles. The van der Waals surface area contributed by atoms with Gasteiger partial charge in [-0.05, 0) is 83.2 Å². The minimum absolute atomic E-state index is 0.346. The topological polar surface area (TPSA) is 27.3 Å². The highest BCUT2D eigenvalue weighted by atomic mass is 15.1. The molecular weight excluding hydrogens is 426 g/mol. The van der Waals surface area contributed by atoms with E-state index in [2.05, 4.69) is 87.2 Å². The van der Waals surface area contributed by atoms with Crippen molar-refractivity contribution in [3.05, 3.63) is 48.7 Å². The molecule has 1 aromatic rings. The van der Waals surface area contributed by atoms with E-state index in [9.17, 15) is 0 Å². The van der Waals surface area contributed by atoms with Gasteiger partial charge in [0.15, 0.2) is 0 Å². The van der Waals surface area contributed by atoms with Gasteiger partial charge in [0.05, 0.1) is 0 Å². The van der Waals surface area contributed by atoms with Gasteiger partial charge in [-0.25, -0.2) is 0 Å². The Bertz CT molecular complexity index is 732. The van der Waals surface area contributed by atoms with E-state index < -0.39 is 0 Å². The summed E-state index contributed by atoms with van der Waals surface area (Å²) in [6.07, 6.45) is 22.7. The number of rotatable bonds is 20. The third-order valence-electron chi connectivity index (χ3n) is 7.67. The fourth-order valence-electron chi connectivity index (χ4n) is 4.73. The molecule has 1 aliphatic carbocycles. The van der Waals surface area contributed by atoms with Gasteiger partial charge in [0.25, 0.3) is 0 Å². The van der Waals surface area contributed by atoms with E-state index in [1.54, 1.807) is 0 Å². The summed E-state index contributed by atoms with van der Waals surface area (Å²) >= 11 is 0. The molecule has 1 fully saturated rings. The summed E-state index contributed by atoms with van der Waals surface area (Å²) < 4.78 is 0. The maximum atomic E-state index is 4.00. The first-order valence-electron chi connectivity index (χ1n) is 14.6. The molecule has 1 aromatic carbocycles. The molecule has 0 aromatic heterocycles. The van der Waals surface area contributed by atoms with Crippen molar-refractivity contribution in [3.8, 4) is 0 Å². The van der Waals surface area contributed by atoms with Gasteiger partial charge in [-0.1, -0.05) is 77.4 Å². The Morgan fingerprint density at radius 1 is 0.943 bits per heavy atom. The van der Waals surface area contributed by atoms with Crippen molar-refractivity contribution in [1.29, 1.82) is 0 Å². The van der Waals surface area contributed by atoms with Crippen molar-refractivity contribution in [2.75, 3.05) is 17.7 Å². The van der Waals surface area contributed by atoms with Crippen LogP contribution in [0.25, 0.3) is 0 Å². The quantitative estimate of drug-likeness (QED) is 0.143. The van der Waals surface area contributed by atoms with Gasteiger partial charge >= 0.3 is 0 Å². The molecule has 198 valence electrons. The van der Waals surface area contributed by atoms with Crippen molar-refractivity contribution in [2.24, 2.45) is 0 Å². The summed E-state index contributed by atoms with van der Waals surface area (Å²) in [4.78, 5) is 2.40. The lowest BCUT2D eigenvalue weighted by atomic mass is 10.0. The molecule has 0 spiro atoms. The van der Waals surface area contributed by atoms with Crippen LogP contribution < -0.4 is 10.6 Å². The van der Waals surface area contributed by atoms with Crippen LogP contribution in [0.1, 0.15) is 118 Å². The molecule has 2 rings (SSSR count). The fourth-order valence-corrected chi connectivity index (χ4v) is 4.73. The first-order valence-corrected chi connectivity index (χ1v) is 14.6. The van der Waals surface area contributed by atoms with Gasteiger partial charge in [-0.2, -0.15) is 0 Å². The van der Waals surface area contributed by atoms with Crippen LogP contribution in [0.3, 0.4) is 0 Å². The molecule has 0 bridgehead atoms. The van der Waals surface area contributed by atoms with Crippen LogP contribution in [-0.2, 0) is 0 Å². The van der Waals surface area contributed by atoms with Crippen LogP contribution in [0.2, 0.25) is 0 Å². The van der Waals surface area contributed by atoms with E-state index in [0.29, 0.717) is 17.6 Å². The number of unbranched alkanes of at least 4 members (excludes halogenated alkanes) is 8. The second-order valence-electron chi connectivity index (χ2n) is 11.3. The molecule has 0 aliphatic heterocycles. The third kappa shape index (κ3) is 12.1.